The van der Waals surface area contributed by atoms with E-state index in [1.54, 1.807) is 0 Å². The quantitative estimate of drug-likeness (QED) is 0.844. The Morgan fingerprint density at radius 1 is 1.32 bits per heavy atom. The molecule has 102 valence electrons. The summed E-state index contributed by atoms with van der Waals surface area (Å²) in [4.78, 5) is 4.01. The van der Waals surface area contributed by atoms with Crippen LogP contribution in [0.15, 0.2) is 35.2 Å². The van der Waals surface area contributed by atoms with Crippen molar-refractivity contribution in [2.45, 2.75) is 32.2 Å². The molecule has 1 aromatic carbocycles. The number of hydrogen-bond acceptors (Lipinski definition) is 4. The summed E-state index contributed by atoms with van der Waals surface area (Å²) in [5, 5.41) is 8.10. The predicted molar refractivity (Wildman–Crippen MR) is 75.1 cm³/mol. The van der Waals surface area contributed by atoms with Gasteiger partial charge < -0.3 is 9.84 Å². The van der Waals surface area contributed by atoms with Crippen LogP contribution in [0.1, 0.15) is 37.2 Å². The molecule has 0 saturated carbocycles. The number of benzene rings is 1. The summed E-state index contributed by atoms with van der Waals surface area (Å²) >= 11 is 5.92. The van der Waals surface area contributed by atoms with E-state index < -0.39 is 0 Å². The highest BCUT2D eigenvalue weighted by molar-refractivity contribution is 6.30. The molecule has 0 fully saturated rings. The second-order valence-corrected chi connectivity index (χ2v) is 4.88. The van der Waals surface area contributed by atoms with E-state index >= 15 is 0 Å². The molecule has 1 N–H and O–H groups in total. The van der Waals surface area contributed by atoms with Crippen molar-refractivity contribution in [3.63, 3.8) is 0 Å². The molecule has 0 spiro atoms. The Balaban J connectivity index is 1.90. The third-order valence-corrected chi connectivity index (χ3v) is 3.25. The Kier molecular flexibility index (Phi) is 5.36. The molecule has 5 heteroatoms. The normalized spacial score (nSPS) is 12.5. The van der Waals surface area contributed by atoms with Gasteiger partial charge in [0.05, 0.1) is 0 Å². The highest BCUT2D eigenvalue weighted by atomic mass is 35.5. The minimum absolute atomic E-state index is 0.342. The first-order chi connectivity index (χ1) is 9.29. The fraction of sp³-hybridized carbons (Fsp3) is 0.429. The zero-order valence-corrected chi connectivity index (χ0v) is 11.7. The van der Waals surface area contributed by atoms with Crippen molar-refractivity contribution < 1.29 is 4.52 Å². The summed E-state index contributed by atoms with van der Waals surface area (Å²) in [5.74, 6) is 0.735. The molecule has 2 rings (SSSR count). The van der Waals surface area contributed by atoms with Crippen LogP contribution in [0, 0.1) is 0 Å². The molecule has 0 saturated heterocycles. The minimum atomic E-state index is 0.342. The summed E-state index contributed by atoms with van der Waals surface area (Å²) in [6.45, 7) is 3.01. The first-order valence-corrected chi connectivity index (χ1v) is 6.91. The van der Waals surface area contributed by atoms with Gasteiger partial charge in [-0.1, -0.05) is 42.2 Å². The van der Waals surface area contributed by atoms with Crippen LogP contribution in [0.4, 0.5) is 0 Å². The Hall–Kier alpha value is -1.39. The van der Waals surface area contributed by atoms with Gasteiger partial charge in [-0.2, -0.15) is 4.98 Å². The van der Waals surface area contributed by atoms with Gasteiger partial charge in [-0.3, -0.25) is 0 Å². The molecule has 0 radical (unpaired) electrons. The summed E-state index contributed by atoms with van der Waals surface area (Å²) in [5.41, 5.74) is 1.26. The maximum Gasteiger partial charge on any atom is 0.213 e. The topological polar surface area (TPSA) is 51.0 Å². The van der Waals surface area contributed by atoms with E-state index in [0.29, 0.717) is 6.04 Å². The van der Waals surface area contributed by atoms with Crippen molar-refractivity contribution in [3.8, 4) is 0 Å². The zero-order valence-electron chi connectivity index (χ0n) is 11.0. The molecule has 1 atom stereocenters. The lowest BCUT2D eigenvalue weighted by Crippen LogP contribution is -2.24. The smallest absolute Gasteiger partial charge is 0.213 e. The van der Waals surface area contributed by atoms with E-state index in [4.69, 9.17) is 16.1 Å². The minimum Gasteiger partial charge on any atom is -0.343 e. The van der Waals surface area contributed by atoms with Crippen molar-refractivity contribution in [2.24, 2.45) is 0 Å². The van der Waals surface area contributed by atoms with Gasteiger partial charge in [-0.15, -0.1) is 0 Å². The van der Waals surface area contributed by atoms with Gasteiger partial charge in [0.15, 0.2) is 5.82 Å². The third-order valence-electron chi connectivity index (χ3n) is 3.00. The Labute approximate surface area is 118 Å². The second-order valence-electron chi connectivity index (χ2n) is 4.44. The number of rotatable bonds is 7. The van der Waals surface area contributed by atoms with Crippen LogP contribution in [0.2, 0.25) is 5.02 Å². The number of hydrogen-bond donors (Lipinski definition) is 1. The van der Waals surface area contributed by atoms with Crippen LogP contribution in [0.3, 0.4) is 0 Å². The zero-order chi connectivity index (χ0) is 13.5. The van der Waals surface area contributed by atoms with E-state index in [9.17, 15) is 0 Å². The van der Waals surface area contributed by atoms with Crippen molar-refractivity contribution in [1.82, 2.24) is 15.5 Å². The maximum absolute atomic E-state index is 5.92. The molecule has 4 nitrogen and oxygen atoms in total. The van der Waals surface area contributed by atoms with Gasteiger partial charge in [0.1, 0.15) is 0 Å². The van der Waals surface area contributed by atoms with Crippen LogP contribution in [0.25, 0.3) is 0 Å². The van der Waals surface area contributed by atoms with Gasteiger partial charge in [0.25, 0.3) is 0 Å². The van der Waals surface area contributed by atoms with Gasteiger partial charge in [0, 0.05) is 24.0 Å². The lowest BCUT2D eigenvalue weighted by molar-refractivity contribution is 0.407. The Morgan fingerprint density at radius 2 is 2.11 bits per heavy atom. The summed E-state index contributed by atoms with van der Waals surface area (Å²) in [7, 11) is 0. The molecule has 0 aliphatic heterocycles. The van der Waals surface area contributed by atoms with Crippen LogP contribution >= 0.6 is 11.6 Å². The molecule has 0 bridgehead atoms. The maximum atomic E-state index is 5.92. The largest absolute Gasteiger partial charge is 0.343 e. The molecule has 2 aromatic rings. The molecule has 1 aromatic heterocycles. The molecule has 0 amide bonds. The van der Waals surface area contributed by atoms with E-state index in [1.807, 2.05) is 12.1 Å². The van der Waals surface area contributed by atoms with Gasteiger partial charge in [-0.25, -0.2) is 0 Å². The molecule has 19 heavy (non-hydrogen) atoms. The first-order valence-electron chi connectivity index (χ1n) is 6.53. The van der Waals surface area contributed by atoms with Crippen LogP contribution in [-0.2, 0) is 6.42 Å². The molecular formula is C14H18ClN3O. The molecular weight excluding hydrogens is 262 g/mol. The third kappa shape index (κ3) is 4.33. The lowest BCUT2D eigenvalue weighted by Gasteiger charge is -2.18. The number of nitrogens with one attached hydrogen (secondary N) is 1. The Bertz CT molecular complexity index is 470. The Morgan fingerprint density at radius 3 is 2.74 bits per heavy atom. The van der Waals surface area contributed by atoms with Crippen molar-refractivity contribution in [2.75, 3.05) is 6.54 Å². The van der Waals surface area contributed by atoms with Gasteiger partial charge in [0.2, 0.25) is 6.39 Å². The van der Waals surface area contributed by atoms with Gasteiger partial charge in [-0.05, 0) is 24.1 Å². The predicted octanol–water partition coefficient (Wildman–Crippen LogP) is 3.40. The molecule has 1 heterocycles. The van der Waals surface area contributed by atoms with Crippen molar-refractivity contribution >= 4 is 11.6 Å². The number of nitrogens with zero attached hydrogens (tertiary/aromatic N) is 2. The van der Waals surface area contributed by atoms with Crippen molar-refractivity contribution in [3.05, 3.63) is 47.1 Å². The number of halogens is 1. The average Bonchev–Trinajstić information content (AvgIpc) is 2.92. The highest BCUT2D eigenvalue weighted by Crippen LogP contribution is 2.20. The summed E-state index contributed by atoms with van der Waals surface area (Å²) in [6, 6.07) is 8.35. The summed E-state index contributed by atoms with van der Waals surface area (Å²) < 4.78 is 4.71. The average molecular weight is 280 g/mol. The van der Waals surface area contributed by atoms with E-state index in [-0.39, 0.29) is 0 Å². The lowest BCUT2D eigenvalue weighted by atomic mass is 10.0. The van der Waals surface area contributed by atoms with Crippen LogP contribution in [-0.4, -0.2) is 16.7 Å². The monoisotopic (exact) mass is 279 g/mol. The van der Waals surface area contributed by atoms with Crippen LogP contribution in [0.5, 0.6) is 0 Å². The molecule has 1 unspecified atom stereocenters. The summed E-state index contributed by atoms with van der Waals surface area (Å²) in [6.07, 6.45) is 4.35. The SMILES string of the molecule is CCCC(NCCc1ncon1)c1ccc(Cl)cc1. The van der Waals surface area contributed by atoms with E-state index in [1.165, 1.54) is 12.0 Å². The first kappa shape index (κ1) is 14.0. The fourth-order valence-electron chi connectivity index (χ4n) is 2.03. The molecule has 0 aliphatic carbocycles. The number of aromatic nitrogens is 2. The fourth-order valence-corrected chi connectivity index (χ4v) is 2.16. The highest BCUT2D eigenvalue weighted by Gasteiger charge is 2.10. The van der Waals surface area contributed by atoms with Crippen molar-refractivity contribution in [1.29, 1.82) is 0 Å². The molecule has 0 aliphatic rings. The van der Waals surface area contributed by atoms with E-state index in [0.717, 1.165) is 36.7 Å². The van der Waals surface area contributed by atoms with Gasteiger partial charge >= 0.3 is 0 Å². The second kappa shape index (κ2) is 7.26. The van der Waals surface area contributed by atoms with E-state index in [2.05, 4.69) is 34.5 Å². The van der Waals surface area contributed by atoms with Crippen LogP contribution < -0.4 is 5.32 Å². The standard InChI is InChI=1S/C14H18ClN3O/c1-2-3-13(11-4-6-12(15)7-5-11)16-9-8-14-17-10-19-18-14/h4-7,10,13,16H,2-3,8-9H2,1H3.